The number of methoxy groups -OCH3 is 1. The number of aromatic nitrogens is 1. The predicted molar refractivity (Wildman–Crippen MR) is 118 cm³/mol. The highest BCUT2D eigenvalue weighted by Gasteiger charge is 2.26. The monoisotopic (exact) mass is 391 g/mol. The second kappa shape index (κ2) is 7.91. The zero-order valence-electron chi connectivity index (χ0n) is 17.7. The Labute approximate surface area is 172 Å². The summed E-state index contributed by atoms with van der Waals surface area (Å²) < 4.78 is 5.26. The Morgan fingerprint density at radius 2 is 1.90 bits per heavy atom. The molecule has 1 aliphatic heterocycles. The minimum Gasteiger partial charge on any atom is -0.497 e. The number of aromatic amines is 1. The molecule has 0 saturated carbocycles. The predicted octanol–water partition coefficient (Wildman–Crippen LogP) is 4.19. The number of piperazine rings is 1. The maximum atomic E-state index is 13.1. The van der Waals surface area contributed by atoms with Crippen molar-refractivity contribution in [1.82, 2.24) is 9.88 Å². The number of hydrogen-bond acceptors (Lipinski definition) is 4. The molecule has 4 rings (SSSR count). The number of rotatable bonds is 5. The highest BCUT2D eigenvalue weighted by molar-refractivity contribution is 6.10. The number of nitrogens with zero attached hydrogens (tertiary/aromatic N) is 2. The molecule has 0 amide bonds. The van der Waals surface area contributed by atoms with E-state index >= 15 is 0 Å². The molecule has 0 bridgehead atoms. The Kier molecular flexibility index (Phi) is 5.33. The number of fused-ring (bicyclic) bond motifs is 1. The van der Waals surface area contributed by atoms with Crippen molar-refractivity contribution in [3.05, 3.63) is 59.3 Å². The molecule has 2 aromatic carbocycles. The van der Waals surface area contributed by atoms with E-state index in [1.165, 1.54) is 11.3 Å². The largest absolute Gasteiger partial charge is 0.497 e. The lowest BCUT2D eigenvalue weighted by molar-refractivity contribution is 0.0918. The van der Waals surface area contributed by atoms with Crippen LogP contribution in [0.15, 0.2) is 42.5 Å². The number of H-pyrrole nitrogens is 1. The van der Waals surface area contributed by atoms with Gasteiger partial charge in [0.2, 0.25) is 0 Å². The molecule has 2 heterocycles. The lowest BCUT2D eigenvalue weighted by Gasteiger charge is -2.41. The molecule has 0 spiro atoms. The molecule has 1 atom stereocenters. The van der Waals surface area contributed by atoms with Gasteiger partial charge in [-0.25, -0.2) is 0 Å². The number of anilines is 1. The fourth-order valence-corrected chi connectivity index (χ4v) is 4.42. The van der Waals surface area contributed by atoms with Gasteiger partial charge in [0.05, 0.1) is 13.7 Å². The van der Waals surface area contributed by atoms with Crippen molar-refractivity contribution >= 4 is 22.4 Å². The second-order valence-electron chi connectivity index (χ2n) is 8.07. The van der Waals surface area contributed by atoms with Crippen molar-refractivity contribution < 1.29 is 9.53 Å². The van der Waals surface area contributed by atoms with Crippen LogP contribution in [-0.2, 0) is 0 Å². The molecule has 5 heteroatoms. The van der Waals surface area contributed by atoms with E-state index in [1.807, 2.05) is 19.1 Å². The van der Waals surface area contributed by atoms with Crippen LogP contribution in [0.5, 0.6) is 5.75 Å². The summed E-state index contributed by atoms with van der Waals surface area (Å²) in [7, 11) is 1.68. The van der Waals surface area contributed by atoms with Gasteiger partial charge in [-0.1, -0.05) is 12.1 Å². The Bertz CT molecular complexity index is 1020. The molecule has 1 aromatic heterocycles. The van der Waals surface area contributed by atoms with Crippen molar-refractivity contribution in [3.8, 4) is 5.75 Å². The molecule has 152 valence electrons. The SMILES string of the molecule is COc1ccc(N2CCN(CC(=O)c3c(C)[nH]c4cc(C)ccc34)CC2C)cc1. The lowest BCUT2D eigenvalue weighted by Crippen LogP contribution is -2.53. The minimum atomic E-state index is 0.197. The average Bonchev–Trinajstić information content (AvgIpc) is 3.03. The summed E-state index contributed by atoms with van der Waals surface area (Å²) in [6, 6.07) is 14.8. The Hall–Kier alpha value is -2.79. The van der Waals surface area contributed by atoms with E-state index < -0.39 is 0 Å². The number of Topliss-reactive ketones (excluding diaryl/α,β-unsaturated/α-hetero) is 1. The molecule has 1 unspecified atom stereocenters. The fraction of sp³-hybridized carbons (Fsp3) is 0.375. The van der Waals surface area contributed by atoms with Crippen LogP contribution in [0.3, 0.4) is 0 Å². The number of nitrogens with one attached hydrogen (secondary N) is 1. The van der Waals surface area contributed by atoms with Gasteiger partial charge < -0.3 is 14.6 Å². The average molecular weight is 392 g/mol. The standard InChI is InChI=1S/C24H29N3O2/c1-16-5-10-21-22(13-16)25-18(3)24(21)23(28)15-26-11-12-27(17(2)14-26)19-6-8-20(29-4)9-7-19/h5-10,13,17,25H,11-12,14-15H2,1-4H3. The van der Waals surface area contributed by atoms with Crippen molar-refractivity contribution in [2.24, 2.45) is 0 Å². The number of carbonyl (C=O) groups is 1. The van der Waals surface area contributed by atoms with E-state index in [0.29, 0.717) is 12.6 Å². The second-order valence-corrected chi connectivity index (χ2v) is 8.07. The summed E-state index contributed by atoms with van der Waals surface area (Å²) in [6.45, 7) is 9.41. The maximum absolute atomic E-state index is 13.1. The number of aryl methyl sites for hydroxylation is 2. The first kappa shape index (κ1) is 19.5. The third-order valence-electron chi connectivity index (χ3n) is 5.90. The van der Waals surface area contributed by atoms with Crippen LogP contribution in [0.2, 0.25) is 0 Å². The van der Waals surface area contributed by atoms with Crippen molar-refractivity contribution in [3.63, 3.8) is 0 Å². The number of carbonyl (C=O) groups excluding carboxylic acids is 1. The smallest absolute Gasteiger partial charge is 0.179 e. The van der Waals surface area contributed by atoms with Gasteiger partial charge in [0, 0.05) is 53.5 Å². The van der Waals surface area contributed by atoms with Gasteiger partial charge in [-0.05, 0) is 56.7 Å². The minimum absolute atomic E-state index is 0.197. The number of ether oxygens (including phenoxy) is 1. The first-order valence-corrected chi connectivity index (χ1v) is 10.2. The molecule has 1 fully saturated rings. The quantitative estimate of drug-likeness (QED) is 0.663. The van der Waals surface area contributed by atoms with Gasteiger partial charge >= 0.3 is 0 Å². The van der Waals surface area contributed by atoms with E-state index in [4.69, 9.17) is 4.74 Å². The van der Waals surface area contributed by atoms with Crippen LogP contribution in [0, 0.1) is 13.8 Å². The van der Waals surface area contributed by atoms with Crippen molar-refractivity contribution in [2.75, 3.05) is 38.2 Å². The molecule has 3 aromatic rings. The first-order chi connectivity index (χ1) is 14.0. The number of ketones is 1. The summed E-state index contributed by atoms with van der Waals surface area (Å²) in [5.41, 5.74) is 5.24. The van der Waals surface area contributed by atoms with Crippen molar-refractivity contribution in [2.45, 2.75) is 26.8 Å². The molecule has 0 radical (unpaired) electrons. The number of hydrogen-bond donors (Lipinski definition) is 1. The van der Waals surface area contributed by atoms with Gasteiger partial charge in [-0.15, -0.1) is 0 Å². The molecule has 1 saturated heterocycles. The van der Waals surface area contributed by atoms with E-state index in [2.05, 4.69) is 59.0 Å². The van der Waals surface area contributed by atoms with Crippen LogP contribution in [0.1, 0.15) is 28.5 Å². The van der Waals surface area contributed by atoms with E-state index in [-0.39, 0.29) is 5.78 Å². The third kappa shape index (κ3) is 3.87. The Morgan fingerprint density at radius 3 is 2.59 bits per heavy atom. The lowest BCUT2D eigenvalue weighted by atomic mass is 10.0. The van der Waals surface area contributed by atoms with Crippen LogP contribution in [0.25, 0.3) is 10.9 Å². The van der Waals surface area contributed by atoms with Crippen LogP contribution in [-0.4, -0.2) is 55.0 Å². The molecule has 1 N–H and O–H groups in total. The molecular weight excluding hydrogens is 362 g/mol. The molecule has 1 aliphatic rings. The Balaban J connectivity index is 1.45. The Morgan fingerprint density at radius 1 is 1.14 bits per heavy atom. The summed E-state index contributed by atoms with van der Waals surface area (Å²) in [5.74, 6) is 1.07. The third-order valence-corrected chi connectivity index (χ3v) is 5.90. The van der Waals surface area contributed by atoms with Crippen molar-refractivity contribution in [1.29, 1.82) is 0 Å². The van der Waals surface area contributed by atoms with Gasteiger partial charge in [0.15, 0.2) is 5.78 Å². The topological polar surface area (TPSA) is 48.6 Å². The van der Waals surface area contributed by atoms with Gasteiger partial charge in [0.1, 0.15) is 5.75 Å². The molecule has 0 aliphatic carbocycles. The fourth-order valence-electron chi connectivity index (χ4n) is 4.42. The van der Waals surface area contributed by atoms with Gasteiger partial charge in [-0.2, -0.15) is 0 Å². The van der Waals surface area contributed by atoms with Crippen LogP contribution in [0.4, 0.5) is 5.69 Å². The zero-order chi connectivity index (χ0) is 20.5. The molecule has 29 heavy (non-hydrogen) atoms. The van der Waals surface area contributed by atoms with Gasteiger partial charge in [-0.3, -0.25) is 9.69 Å². The summed E-state index contributed by atoms with van der Waals surface area (Å²) in [4.78, 5) is 21.2. The highest BCUT2D eigenvalue weighted by atomic mass is 16.5. The van der Waals surface area contributed by atoms with Gasteiger partial charge in [0.25, 0.3) is 0 Å². The maximum Gasteiger partial charge on any atom is 0.179 e. The first-order valence-electron chi connectivity index (χ1n) is 10.2. The van der Waals surface area contributed by atoms with Crippen LogP contribution >= 0.6 is 0 Å². The van der Waals surface area contributed by atoms with E-state index in [1.54, 1.807) is 7.11 Å². The zero-order valence-corrected chi connectivity index (χ0v) is 17.7. The molecular formula is C24H29N3O2. The van der Waals surface area contributed by atoms with E-state index in [0.717, 1.165) is 47.5 Å². The van der Waals surface area contributed by atoms with E-state index in [9.17, 15) is 4.79 Å². The summed E-state index contributed by atoms with van der Waals surface area (Å²) in [6.07, 6.45) is 0. The number of benzene rings is 2. The van der Waals surface area contributed by atoms with Crippen LogP contribution < -0.4 is 9.64 Å². The highest BCUT2D eigenvalue weighted by Crippen LogP contribution is 2.26. The summed E-state index contributed by atoms with van der Waals surface area (Å²) >= 11 is 0. The molecule has 5 nitrogen and oxygen atoms in total. The summed E-state index contributed by atoms with van der Waals surface area (Å²) in [5, 5.41) is 1.03. The normalized spacial score (nSPS) is 17.7.